The van der Waals surface area contributed by atoms with Crippen LogP contribution in [0.1, 0.15) is 38.6 Å². The summed E-state index contributed by atoms with van der Waals surface area (Å²) in [5, 5.41) is 12.7. The van der Waals surface area contributed by atoms with Crippen LogP contribution in [0.15, 0.2) is 52.3 Å². The van der Waals surface area contributed by atoms with Crippen LogP contribution in [0.5, 0.6) is 0 Å². The zero-order valence-electron chi connectivity index (χ0n) is 20.1. The predicted octanol–water partition coefficient (Wildman–Crippen LogP) is 3.46. The predicted molar refractivity (Wildman–Crippen MR) is 131 cm³/mol. The molecule has 0 aliphatic heterocycles. The van der Waals surface area contributed by atoms with Crippen molar-refractivity contribution in [1.82, 2.24) is 20.4 Å². The van der Waals surface area contributed by atoms with Crippen molar-refractivity contribution in [2.24, 2.45) is 5.92 Å². The molecule has 35 heavy (non-hydrogen) atoms. The minimum atomic E-state index is -0.858. The fourth-order valence-corrected chi connectivity index (χ4v) is 4.00. The molecule has 0 saturated carbocycles. The number of aromatic nitrogens is 2. The third kappa shape index (κ3) is 7.74. The molecular weight excluding hydrogens is 468 g/mol. The first kappa shape index (κ1) is 26.1. The minimum Gasteiger partial charge on any atom is -0.454 e. The van der Waals surface area contributed by atoms with E-state index in [0.717, 1.165) is 10.4 Å². The van der Waals surface area contributed by atoms with Crippen LogP contribution in [0.25, 0.3) is 10.8 Å². The van der Waals surface area contributed by atoms with Crippen molar-refractivity contribution in [2.75, 3.05) is 13.2 Å². The average Bonchev–Trinajstić information content (AvgIpc) is 3.53. The maximum atomic E-state index is 12.8. The number of ether oxygens (including phenoxy) is 1. The number of hydrogen-bond donors (Lipinski definition) is 1. The van der Waals surface area contributed by atoms with Crippen LogP contribution < -0.4 is 5.32 Å². The summed E-state index contributed by atoms with van der Waals surface area (Å²) in [6, 6.07) is 12.2. The molecule has 186 valence electrons. The Morgan fingerprint density at radius 1 is 1.11 bits per heavy atom. The fourth-order valence-electron chi connectivity index (χ4n) is 3.36. The van der Waals surface area contributed by atoms with Gasteiger partial charge in [0.25, 0.3) is 11.8 Å². The molecule has 10 heteroatoms. The maximum Gasteiger partial charge on any atom is 0.329 e. The summed E-state index contributed by atoms with van der Waals surface area (Å²) in [6.07, 6.45) is 0.855. The third-order valence-corrected chi connectivity index (χ3v) is 6.01. The van der Waals surface area contributed by atoms with Crippen molar-refractivity contribution in [1.29, 1.82) is 0 Å². The SMILES string of the molecule is CCCN(Cc1nnc(-c2cccs2)o1)C(=O)COC(=O)[C@@H](NC(=O)Cc1ccccc1)C(C)C. The van der Waals surface area contributed by atoms with Crippen molar-refractivity contribution in [3.8, 4) is 10.8 Å². The van der Waals surface area contributed by atoms with Gasteiger partial charge in [0.15, 0.2) is 6.61 Å². The van der Waals surface area contributed by atoms with Gasteiger partial charge < -0.3 is 19.4 Å². The standard InChI is InChI=1S/C25H30N4O5S/c1-4-12-29(15-21-27-28-24(34-21)19-11-8-13-35-19)22(31)16-33-25(32)23(17(2)3)26-20(30)14-18-9-6-5-7-10-18/h5-11,13,17,23H,4,12,14-16H2,1-3H3,(H,26,30)/t23-/m0/s1. The Balaban J connectivity index is 1.55. The second-order valence-corrected chi connectivity index (χ2v) is 9.30. The molecule has 3 rings (SSSR count). The molecule has 1 N–H and O–H groups in total. The first-order valence-electron chi connectivity index (χ1n) is 11.5. The molecule has 2 amide bonds. The van der Waals surface area contributed by atoms with Crippen LogP contribution >= 0.6 is 11.3 Å². The molecule has 0 aliphatic rings. The lowest BCUT2D eigenvalue weighted by Gasteiger charge is -2.23. The Labute approximate surface area is 208 Å². The lowest BCUT2D eigenvalue weighted by atomic mass is 10.0. The molecule has 0 bridgehead atoms. The molecule has 0 saturated heterocycles. The van der Waals surface area contributed by atoms with Crippen molar-refractivity contribution < 1.29 is 23.5 Å². The summed E-state index contributed by atoms with van der Waals surface area (Å²) >= 11 is 1.48. The number of rotatable bonds is 12. The van der Waals surface area contributed by atoms with Crippen molar-refractivity contribution in [2.45, 2.75) is 46.2 Å². The highest BCUT2D eigenvalue weighted by molar-refractivity contribution is 7.13. The van der Waals surface area contributed by atoms with E-state index in [4.69, 9.17) is 9.15 Å². The molecule has 0 unspecified atom stereocenters. The van der Waals surface area contributed by atoms with Crippen LogP contribution in [0.3, 0.4) is 0 Å². The van der Waals surface area contributed by atoms with E-state index in [2.05, 4.69) is 15.5 Å². The van der Waals surface area contributed by atoms with Gasteiger partial charge in [-0.2, -0.15) is 0 Å². The van der Waals surface area contributed by atoms with E-state index in [1.54, 1.807) is 13.8 Å². The van der Waals surface area contributed by atoms with E-state index in [1.807, 2.05) is 54.8 Å². The zero-order valence-corrected chi connectivity index (χ0v) is 20.9. The molecule has 1 aromatic carbocycles. The number of thiophene rings is 1. The van der Waals surface area contributed by atoms with E-state index in [0.29, 0.717) is 24.7 Å². The number of benzene rings is 1. The number of carbonyl (C=O) groups excluding carboxylic acids is 3. The lowest BCUT2D eigenvalue weighted by molar-refractivity contribution is -0.155. The molecule has 2 heterocycles. The van der Waals surface area contributed by atoms with Gasteiger partial charge in [-0.25, -0.2) is 4.79 Å². The van der Waals surface area contributed by atoms with E-state index in [1.165, 1.54) is 16.2 Å². The highest BCUT2D eigenvalue weighted by Crippen LogP contribution is 2.23. The van der Waals surface area contributed by atoms with Crippen LogP contribution in [0, 0.1) is 5.92 Å². The van der Waals surface area contributed by atoms with Crippen LogP contribution in [-0.2, 0) is 32.1 Å². The monoisotopic (exact) mass is 498 g/mol. The number of amides is 2. The molecule has 3 aromatic rings. The third-order valence-electron chi connectivity index (χ3n) is 5.15. The topological polar surface area (TPSA) is 115 Å². The van der Waals surface area contributed by atoms with Gasteiger partial charge in [0, 0.05) is 6.54 Å². The number of carbonyl (C=O) groups is 3. The van der Waals surface area contributed by atoms with Gasteiger partial charge in [0.2, 0.25) is 11.8 Å². The first-order valence-corrected chi connectivity index (χ1v) is 12.4. The Bertz CT molecular complexity index is 1100. The first-order chi connectivity index (χ1) is 16.9. The summed E-state index contributed by atoms with van der Waals surface area (Å²) in [7, 11) is 0. The Morgan fingerprint density at radius 2 is 1.89 bits per heavy atom. The Hall–Kier alpha value is -3.53. The Kier molecular flexibility index (Phi) is 9.54. The van der Waals surface area contributed by atoms with E-state index >= 15 is 0 Å². The smallest absolute Gasteiger partial charge is 0.329 e. The summed E-state index contributed by atoms with van der Waals surface area (Å²) in [5.41, 5.74) is 0.842. The maximum absolute atomic E-state index is 12.8. The number of esters is 1. The van der Waals surface area contributed by atoms with Crippen LogP contribution in [0.4, 0.5) is 0 Å². The number of nitrogens with one attached hydrogen (secondary N) is 1. The number of hydrogen-bond acceptors (Lipinski definition) is 8. The normalized spacial score (nSPS) is 11.8. The molecule has 1 atom stereocenters. The Morgan fingerprint density at radius 3 is 2.54 bits per heavy atom. The zero-order chi connectivity index (χ0) is 25.2. The molecular formula is C25H30N4O5S. The van der Waals surface area contributed by atoms with Crippen molar-refractivity contribution in [3.05, 3.63) is 59.3 Å². The van der Waals surface area contributed by atoms with Gasteiger partial charge in [-0.15, -0.1) is 21.5 Å². The van der Waals surface area contributed by atoms with Gasteiger partial charge >= 0.3 is 5.97 Å². The van der Waals surface area contributed by atoms with Crippen molar-refractivity contribution in [3.63, 3.8) is 0 Å². The van der Waals surface area contributed by atoms with Gasteiger partial charge in [-0.05, 0) is 29.3 Å². The molecule has 0 radical (unpaired) electrons. The summed E-state index contributed by atoms with van der Waals surface area (Å²) < 4.78 is 11.0. The van der Waals surface area contributed by atoms with Crippen molar-refractivity contribution >= 4 is 29.1 Å². The molecule has 0 aliphatic carbocycles. The summed E-state index contributed by atoms with van der Waals surface area (Å²) in [5.74, 6) is -0.828. The van der Waals surface area contributed by atoms with Crippen LogP contribution in [0.2, 0.25) is 0 Å². The second kappa shape index (κ2) is 12.8. The highest BCUT2D eigenvalue weighted by Gasteiger charge is 2.27. The molecule has 9 nitrogen and oxygen atoms in total. The van der Waals surface area contributed by atoms with Gasteiger partial charge in [0.1, 0.15) is 6.04 Å². The average molecular weight is 499 g/mol. The molecule has 0 spiro atoms. The summed E-state index contributed by atoms with van der Waals surface area (Å²) in [6.45, 7) is 5.66. The van der Waals surface area contributed by atoms with E-state index in [9.17, 15) is 14.4 Å². The van der Waals surface area contributed by atoms with E-state index < -0.39 is 18.6 Å². The quantitative estimate of drug-likeness (QED) is 0.380. The second-order valence-electron chi connectivity index (χ2n) is 8.35. The number of nitrogens with zero attached hydrogens (tertiary/aromatic N) is 3. The largest absolute Gasteiger partial charge is 0.454 e. The lowest BCUT2D eigenvalue weighted by Crippen LogP contribution is -2.47. The highest BCUT2D eigenvalue weighted by atomic mass is 32.1. The van der Waals surface area contributed by atoms with Gasteiger partial charge in [-0.3, -0.25) is 9.59 Å². The van der Waals surface area contributed by atoms with Gasteiger partial charge in [-0.1, -0.05) is 57.2 Å². The van der Waals surface area contributed by atoms with Gasteiger partial charge in [0.05, 0.1) is 17.8 Å². The summed E-state index contributed by atoms with van der Waals surface area (Å²) in [4.78, 5) is 40.3. The van der Waals surface area contributed by atoms with Crippen LogP contribution in [-0.4, -0.2) is 52.1 Å². The minimum absolute atomic E-state index is 0.115. The molecule has 2 aromatic heterocycles. The van der Waals surface area contributed by atoms with E-state index in [-0.39, 0.29) is 30.7 Å². The fraction of sp³-hybridized carbons (Fsp3) is 0.400. The molecule has 0 fully saturated rings.